The van der Waals surface area contributed by atoms with Gasteiger partial charge in [0, 0.05) is 16.1 Å². The first-order valence-electron chi connectivity index (χ1n) is 5.68. The third-order valence-electron chi connectivity index (χ3n) is 2.72. The number of rotatable bonds is 2. The van der Waals surface area contributed by atoms with Crippen LogP contribution in [0.3, 0.4) is 0 Å². The standard InChI is InChI=1S/C14H21ClO2/c1-13(2,3)10-7-9(15)8-11(12(10)17-6)14(4,5)16/h7-8,16H,1-6H3. The van der Waals surface area contributed by atoms with Gasteiger partial charge in [-0.3, -0.25) is 0 Å². The van der Waals surface area contributed by atoms with E-state index in [-0.39, 0.29) is 5.41 Å². The molecular formula is C14H21ClO2. The number of ether oxygens (including phenoxy) is 1. The summed E-state index contributed by atoms with van der Waals surface area (Å²) in [6.07, 6.45) is 0. The van der Waals surface area contributed by atoms with Crippen molar-refractivity contribution in [2.45, 2.75) is 45.6 Å². The minimum atomic E-state index is -0.976. The Labute approximate surface area is 109 Å². The van der Waals surface area contributed by atoms with E-state index < -0.39 is 5.60 Å². The monoisotopic (exact) mass is 256 g/mol. The van der Waals surface area contributed by atoms with Crippen molar-refractivity contribution in [2.75, 3.05) is 7.11 Å². The molecule has 0 bridgehead atoms. The fourth-order valence-corrected chi connectivity index (χ4v) is 2.04. The lowest BCUT2D eigenvalue weighted by atomic mass is 9.83. The van der Waals surface area contributed by atoms with E-state index >= 15 is 0 Å². The number of halogens is 1. The highest BCUT2D eigenvalue weighted by Gasteiger charge is 2.28. The third kappa shape index (κ3) is 3.14. The Balaban J connectivity index is 3.58. The minimum absolute atomic E-state index is 0.0871. The molecule has 96 valence electrons. The van der Waals surface area contributed by atoms with Gasteiger partial charge in [-0.05, 0) is 31.4 Å². The zero-order valence-electron chi connectivity index (χ0n) is 11.4. The van der Waals surface area contributed by atoms with Crippen LogP contribution in [0, 0.1) is 0 Å². The number of hydrogen-bond acceptors (Lipinski definition) is 2. The Hall–Kier alpha value is -0.730. The molecular weight excluding hydrogens is 236 g/mol. The lowest BCUT2D eigenvalue weighted by molar-refractivity contribution is 0.0753. The Morgan fingerprint density at radius 1 is 1.06 bits per heavy atom. The summed E-state index contributed by atoms with van der Waals surface area (Å²) < 4.78 is 5.47. The molecule has 0 radical (unpaired) electrons. The highest BCUT2D eigenvalue weighted by Crippen LogP contribution is 2.40. The fraction of sp³-hybridized carbons (Fsp3) is 0.571. The molecule has 0 fully saturated rings. The summed E-state index contributed by atoms with van der Waals surface area (Å²) in [6, 6.07) is 3.66. The summed E-state index contributed by atoms with van der Waals surface area (Å²) in [5.41, 5.74) is 0.661. The Bertz CT molecular complexity index is 376. The topological polar surface area (TPSA) is 29.5 Å². The van der Waals surface area contributed by atoms with Crippen LogP contribution >= 0.6 is 11.6 Å². The molecule has 3 heteroatoms. The first kappa shape index (κ1) is 14.3. The van der Waals surface area contributed by atoms with Gasteiger partial charge in [0.25, 0.3) is 0 Å². The van der Waals surface area contributed by atoms with Gasteiger partial charge in [-0.25, -0.2) is 0 Å². The van der Waals surface area contributed by atoms with Crippen molar-refractivity contribution < 1.29 is 9.84 Å². The van der Waals surface area contributed by atoms with E-state index in [1.54, 1.807) is 27.0 Å². The highest BCUT2D eigenvalue weighted by atomic mass is 35.5. The van der Waals surface area contributed by atoms with Crippen molar-refractivity contribution in [1.29, 1.82) is 0 Å². The first-order chi connectivity index (χ1) is 7.57. The SMILES string of the molecule is COc1c(C(C)(C)C)cc(Cl)cc1C(C)(C)O. The van der Waals surface area contributed by atoms with Crippen LogP contribution in [0.15, 0.2) is 12.1 Å². The van der Waals surface area contributed by atoms with Gasteiger partial charge in [-0.2, -0.15) is 0 Å². The molecule has 0 saturated carbocycles. The zero-order chi connectivity index (χ0) is 13.4. The van der Waals surface area contributed by atoms with Crippen LogP contribution in [0.2, 0.25) is 5.02 Å². The van der Waals surface area contributed by atoms with E-state index in [1.807, 2.05) is 6.07 Å². The van der Waals surface area contributed by atoms with Crippen LogP contribution in [0.25, 0.3) is 0 Å². The molecule has 0 spiro atoms. The third-order valence-corrected chi connectivity index (χ3v) is 2.94. The summed E-state index contributed by atoms with van der Waals surface area (Å²) in [5.74, 6) is 0.717. The predicted molar refractivity (Wildman–Crippen MR) is 71.9 cm³/mol. The van der Waals surface area contributed by atoms with Gasteiger partial charge >= 0.3 is 0 Å². The van der Waals surface area contributed by atoms with Crippen LogP contribution in [-0.2, 0) is 11.0 Å². The molecule has 1 rings (SSSR count). The molecule has 1 aromatic rings. The van der Waals surface area contributed by atoms with Crippen LogP contribution in [0.1, 0.15) is 45.7 Å². The van der Waals surface area contributed by atoms with E-state index in [4.69, 9.17) is 16.3 Å². The van der Waals surface area contributed by atoms with E-state index in [9.17, 15) is 5.11 Å². The lowest BCUT2D eigenvalue weighted by Crippen LogP contribution is -2.21. The largest absolute Gasteiger partial charge is 0.496 e. The molecule has 1 aromatic carbocycles. The maximum atomic E-state index is 10.2. The predicted octanol–water partition coefficient (Wildman–Crippen LogP) is 3.87. The Morgan fingerprint density at radius 3 is 1.88 bits per heavy atom. The summed E-state index contributed by atoms with van der Waals surface area (Å²) >= 11 is 6.12. The molecule has 0 heterocycles. The quantitative estimate of drug-likeness (QED) is 0.870. The summed E-state index contributed by atoms with van der Waals surface area (Å²) in [5, 5.41) is 10.8. The Morgan fingerprint density at radius 2 is 1.53 bits per heavy atom. The smallest absolute Gasteiger partial charge is 0.128 e. The molecule has 0 amide bonds. The molecule has 1 N–H and O–H groups in total. The summed E-state index contributed by atoms with van der Waals surface area (Å²) in [4.78, 5) is 0. The molecule has 0 saturated heterocycles. The first-order valence-corrected chi connectivity index (χ1v) is 6.06. The number of hydrogen-bond donors (Lipinski definition) is 1. The van der Waals surface area contributed by atoms with Crippen molar-refractivity contribution >= 4 is 11.6 Å². The molecule has 0 aliphatic rings. The molecule has 0 aliphatic heterocycles. The molecule has 17 heavy (non-hydrogen) atoms. The van der Waals surface area contributed by atoms with Crippen molar-refractivity contribution in [2.24, 2.45) is 0 Å². The van der Waals surface area contributed by atoms with Gasteiger partial charge in [0.15, 0.2) is 0 Å². The van der Waals surface area contributed by atoms with Crippen LogP contribution in [0.4, 0.5) is 0 Å². The zero-order valence-corrected chi connectivity index (χ0v) is 12.1. The summed E-state index contributed by atoms with van der Waals surface area (Å²) in [7, 11) is 1.62. The number of benzene rings is 1. The molecule has 0 aromatic heterocycles. The average Bonchev–Trinajstić information content (AvgIpc) is 2.13. The fourth-order valence-electron chi connectivity index (χ4n) is 1.83. The van der Waals surface area contributed by atoms with Crippen LogP contribution in [0.5, 0.6) is 5.75 Å². The van der Waals surface area contributed by atoms with Gasteiger partial charge in [0.05, 0.1) is 12.7 Å². The molecule has 0 aliphatic carbocycles. The summed E-state index contributed by atoms with van der Waals surface area (Å²) in [6.45, 7) is 9.74. The van der Waals surface area contributed by atoms with E-state index in [2.05, 4.69) is 20.8 Å². The van der Waals surface area contributed by atoms with Crippen molar-refractivity contribution in [1.82, 2.24) is 0 Å². The number of methoxy groups -OCH3 is 1. The van der Waals surface area contributed by atoms with Gasteiger partial charge in [-0.15, -0.1) is 0 Å². The maximum Gasteiger partial charge on any atom is 0.128 e. The van der Waals surface area contributed by atoms with Crippen molar-refractivity contribution in [3.63, 3.8) is 0 Å². The average molecular weight is 257 g/mol. The number of aliphatic hydroxyl groups is 1. The molecule has 2 nitrogen and oxygen atoms in total. The highest BCUT2D eigenvalue weighted by molar-refractivity contribution is 6.30. The Kier molecular flexibility index (Phi) is 3.80. The lowest BCUT2D eigenvalue weighted by Gasteiger charge is -2.28. The van der Waals surface area contributed by atoms with E-state index in [1.165, 1.54) is 0 Å². The van der Waals surface area contributed by atoms with Gasteiger partial charge in [0.1, 0.15) is 5.75 Å². The minimum Gasteiger partial charge on any atom is -0.496 e. The normalized spacial score (nSPS) is 12.7. The maximum absolute atomic E-state index is 10.2. The van der Waals surface area contributed by atoms with Crippen molar-refractivity contribution in [3.8, 4) is 5.75 Å². The molecule has 0 atom stereocenters. The van der Waals surface area contributed by atoms with E-state index in [0.29, 0.717) is 5.02 Å². The molecule has 0 unspecified atom stereocenters. The van der Waals surface area contributed by atoms with Gasteiger partial charge < -0.3 is 9.84 Å². The van der Waals surface area contributed by atoms with Crippen LogP contribution < -0.4 is 4.74 Å². The van der Waals surface area contributed by atoms with Gasteiger partial charge in [0.2, 0.25) is 0 Å². The second-order valence-corrected chi connectivity index (χ2v) is 6.28. The van der Waals surface area contributed by atoms with Crippen LogP contribution in [-0.4, -0.2) is 12.2 Å². The second kappa shape index (κ2) is 4.51. The van der Waals surface area contributed by atoms with Gasteiger partial charge in [-0.1, -0.05) is 32.4 Å². The van der Waals surface area contributed by atoms with Crippen molar-refractivity contribution in [3.05, 3.63) is 28.3 Å². The second-order valence-electron chi connectivity index (χ2n) is 5.84. The van der Waals surface area contributed by atoms with E-state index in [0.717, 1.165) is 16.9 Å².